The van der Waals surface area contributed by atoms with Gasteiger partial charge in [0, 0.05) is 19.6 Å². The van der Waals surface area contributed by atoms with Gasteiger partial charge in [0.2, 0.25) is 0 Å². The first kappa shape index (κ1) is 10.5. The molecule has 0 aliphatic heterocycles. The quantitative estimate of drug-likeness (QED) is 0.671. The summed E-state index contributed by atoms with van der Waals surface area (Å²) in [5.41, 5.74) is 0. The fraction of sp³-hybridized carbons (Fsp3) is 0.600. The number of nitrogens with zero attached hydrogens (tertiary/aromatic N) is 2. The zero-order valence-corrected chi connectivity index (χ0v) is 9.47. The van der Waals surface area contributed by atoms with Gasteiger partial charge in [-0.1, -0.05) is 13.8 Å². The van der Waals surface area contributed by atoms with Crippen molar-refractivity contribution < 1.29 is 0 Å². The molecule has 0 N–H and O–H groups in total. The summed E-state index contributed by atoms with van der Waals surface area (Å²) in [4.78, 5) is 0. The molecule has 0 spiro atoms. The van der Waals surface area contributed by atoms with Crippen LogP contribution in [0.25, 0.3) is 0 Å². The van der Waals surface area contributed by atoms with E-state index in [1.807, 2.05) is 0 Å². The zero-order valence-electron chi connectivity index (χ0n) is 8.66. The first-order valence-corrected chi connectivity index (χ1v) is 5.77. The van der Waals surface area contributed by atoms with Crippen LogP contribution in [0.1, 0.15) is 20.8 Å². The molecule has 3 heteroatoms. The lowest BCUT2D eigenvalue weighted by atomic mass is 10.5. The van der Waals surface area contributed by atoms with Crippen molar-refractivity contribution in [3.05, 3.63) is 17.5 Å². The van der Waals surface area contributed by atoms with Gasteiger partial charge in [-0.15, -0.1) is 11.3 Å². The van der Waals surface area contributed by atoms with Crippen molar-refractivity contribution in [2.45, 2.75) is 20.8 Å². The normalized spacial score (nSPS) is 10.8. The van der Waals surface area contributed by atoms with Gasteiger partial charge in [0.15, 0.2) is 0 Å². The minimum atomic E-state index is 1.04. The van der Waals surface area contributed by atoms with Crippen LogP contribution >= 0.6 is 11.3 Å². The Bertz CT molecular complexity index is 217. The molecule has 0 aliphatic carbocycles. The van der Waals surface area contributed by atoms with Crippen LogP contribution in [0, 0.1) is 0 Å². The van der Waals surface area contributed by atoms with Crippen LogP contribution in [-0.4, -0.2) is 24.6 Å². The van der Waals surface area contributed by atoms with Gasteiger partial charge in [0.25, 0.3) is 0 Å². The summed E-state index contributed by atoms with van der Waals surface area (Å²) in [6.07, 6.45) is 0. The van der Waals surface area contributed by atoms with Crippen molar-refractivity contribution in [3.63, 3.8) is 0 Å². The lowest BCUT2D eigenvalue weighted by molar-refractivity contribution is 0.281. The van der Waals surface area contributed by atoms with E-state index in [9.17, 15) is 0 Å². The number of rotatable bonds is 5. The highest BCUT2D eigenvalue weighted by Crippen LogP contribution is 2.22. The second-order valence-electron chi connectivity index (χ2n) is 2.81. The zero-order chi connectivity index (χ0) is 9.68. The van der Waals surface area contributed by atoms with Crippen molar-refractivity contribution in [2.75, 3.05) is 24.6 Å². The van der Waals surface area contributed by atoms with Crippen LogP contribution in [-0.2, 0) is 0 Å². The number of anilines is 1. The molecule has 0 bridgehead atoms. The summed E-state index contributed by atoms with van der Waals surface area (Å²) in [7, 11) is 0. The van der Waals surface area contributed by atoms with E-state index in [1.165, 1.54) is 5.00 Å². The van der Waals surface area contributed by atoms with E-state index in [-0.39, 0.29) is 0 Å². The maximum absolute atomic E-state index is 2.35. The molecule has 2 nitrogen and oxygen atoms in total. The van der Waals surface area contributed by atoms with Crippen LogP contribution in [0.3, 0.4) is 0 Å². The van der Waals surface area contributed by atoms with E-state index in [2.05, 4.69) is 48.3 Å². The number of hydrazine groups is 1. The standard InChI is InChI=1S/C10H18N2S/c1-4-11(5-2)12(6-3)10-8-7-9-13-10/h7-9H,4-6H2,1-3H3. The second kappa shape index (κ2) is 5.25. The molecule has 0 radical (unpaired) electrons. The molecule has 0 amide bonds. The molecule has 1 heterocycles. The molecule has 1 aromatic heterocycles. The monoisotopic (exact) mass is 198 g/mol. The maximum atomic E-state index is 2.35. The highest BCUT2D eigenvalue weighted by molar-refractivity contribution is 7.14. The van der Waals surface area contributed by atoms with Crippen molar-refractivity contribution in [1.82, 2.24) is 5.01 Å². The molecular weight excluding hydrogens is 180 g/mol. The van der Waals surface area contributed by atoms with Gasteiger partial charge in [-0.2, -0.15) is 0 Å². The third-order valence-corrected chi connectivity index (χ3v) is 3.01. The molecule has 0 aliphatic rings. The van der Waals surface area contributed by atoms with E-state index in [0.29, 0.717) is 0 Å². The van der Waals surface area contributed by atoms with E-state index in [1.54, 1.807) is 11.3 Å². The van der Waals surface area contributed by atoms with Crippen LogP contribution in [0.5, 0.6) is 0 Å². The maximum Gasteiger partial charge on any atom is 0.105 e. The molecular formula is C10H18N2S. The Morgan fingerprint density at radius 2 is 1.85 bits per heavy atom. The van der Waals surface area contributed by atoms with Gasteiger partial charge in [0.05, 0.1) is 0 Å². The average molecular weight is 198 g/mol. The predicted octanol–water partition coefficient (Wildman–Crippen LogP) is 2.83. The molecule has 1 rings (SSSR count). The first-order valence-electron chi connectivity index (χ1n) is 4.89. The summed E-state index contributed by atoms with van der Waals surface area (Å²) in [5, 5.41) is 8.16. The Kier molecular flexibility index (Phi) is 4.25. The van der Waals surface area contributed by atoms with Crippen molar-refractivity contribution in [2.24, 2.45) is 0 Å². The fourth-order valence-electron chi connectivity index (χ4n) is 1.48. The smallest absolute Gasteiger partial charge is 0.105 e. The summed E-state index contributed by atoms with van der Waals surface area (Å²) in [5.74, 6) is 0. The van der Waals surface area contributed by atoms with Crippen molar-refractivity contribution in [3.8, 4) is 0 Å². The summed E-state index contributed by atoms with van der Waals surface area (Å²) in [6.45, 7) is 9.77. The Balaban J connectivity index is 2.72. The SMILES string of the molecule is CCN(CC)N(CC)c1cccs1. The molecule has 74 valence electrons. The van der Waals surface area contributed by atoms with Gasteiger partial charge >= 0.3 is 0 Å². The molecule has 0 fully saturated rings. The lowest BCUT2D eigenvalue weighted by Crippen LogP contribution is -2.42. The van der Waals surface area contributed by atoms with Crippen LogP contribution in [0.15, 0.2) is 17.5 Å². The van der Waals surface area contributed by atoms with E-state index < -0.39 is 0 Å². The molecule has 0 saturated carbocycles. The topological polar surface area (TPSA) is 6.48 Å². The van der Waals surface area contributed by atoms with Gasteiger partial charge < -0.3 is 0 Å². The van der Waals surface area contributed by atoms with Crippen LogP contribution in [0.2, 0.25) is 0 Å². The van der Waals surface area contributed by atoms with Crippen LogP contribution < -0.4 is 5.01 Å². The molecule has 0 saturated heterocycles. The highest BCUT2D eigenvalue weighted by atomic mass is 32.1. The summed E-state index contributed by atoms with van der Waals surface area (Å²) < 4.78 is 0. The molecule has 1 aromatic rings. The van der Waals surface area contributed by atoms with Gasteiger partial charge in [-0.25, -0.2) is 5.01 Å². The van der Waals surface area contributed by atoms with Gasteiger partial charge in [0.1, 0.15) is 5.00 Å². The van der Waals surface area contributed by atoms with E-state index in [0.717, 1.165) is 19.6 Å². The number of thiophene rings is 1. The average Bonchev–Trinajstić information content (AvgIpc) is 2.66. The fourth-order valence-corrected chi connectivity index (χ4v) is 2.30. The lowest BCUT2D eigenvalue weighted by Gasteiger charge is -2.33. The molecule has 0 unspecified atom stereocenters. The Hall–Kier alpha value is -0.540. The molecule has 0 aromatic carbocycles. The molecule has 13 heavy (non-hydrogen) atoms. The minimum absolute atomic E-state index is 1.04. The summed E-state index contributed by atoms with van der Waals surface area (Å²) >= 11 is 1.80. The second-order valence-corrected chi connectivity index (χ2v) is 3.73. The largest absolute Gasteiger partial charge is 0.297 e. The number of hydrogen-bond donors (Lipinski definition) is 0. The third kappa shape index (κ3) is 2.45. The minimum Gasteiger partial charge on any atom is -0.297 e. The third-order valence-electron chi connectivity index (χ3n) is 2.13. The molecule has 0 atom stereocenters. The summed E-state index contributed by atoms with van der Waals surface area (Å²) in [6, 6.07) is 4.28. The van der Waals surface area contributed by atoms with Gasteiger partial charge in [-0.05, 0) is 24.4 Å². The Labute approximate surface area is 84.8 Å². The van der Waals surface area contributed by atoms with E-state index >= 15 is 0 Å². The Morgan fingerprint density at radius 3 is 2.23 bits per heavy atom. The van der Waals surface area contributed by atoms with Gasteiger partial charge in [-0.3, -0.25) is 5.01 Å². The van der Waals surface area contributed by atoms with Crippen LogP contribution in [0.4, 0.5) is 5.00 Å². The predicted molar refractivity (Wildman–Crippen MR) is 60.3 cm³/mol. The number of hydrogen-bond acceptors (Lipinski definition) is 3. The Morgan fingerprint density at radius 1 is 1.15 bits per heavy atom. The first-order chi connectivity index (χ1) is 6.33. The van der Waals surface area contributed by atoms with Crippen molar-refractivity contribution >= 4 is 16.3 Å². The highest BCUT2D eigenvalue weighted by Gasteiger charge is 2.10. The van der Waals surface area contributed by atoms with E-state index in [4.69, 9.17) is 0 Å². The van der Waals surface area contributed by atoms with Crippen molar-refractivity contribution in [1.29, 1.82) is 0 Å².